The summed E-state index contributed by atoms with van der Waals surface area (Å²) in [6.07, 6.45) is 0. The lowest BCUT2D eigenvalue weighted by atomic mass is 9.91. The maximum absolute atomic E-state index is 6.35. The lowest BCUT2D eigenvalue weighted by Gasteiger charge is -2.29. The van der Waals surface area contributed by atoms with Gasteiger partial charge in [0.25, 0.3) is 0 Å². The van der Waals surface area contributed by atoms with Crippen LogP contribution in [0.3, 0.4) is 0 Å². The number of anilines is 3. The molecule has 0 aliphatic heterocycles. The summed E-state index contributed by atoms with van der Waals surface area (Å²) < 4.78 is 6.35. The van der Waals surface area contributed by atoms with Crippen molar-refractivity contribution in [3.8, 4) is 11.1 Å². The smallest absolute Gasteiger partial charge is 0.137 e. The number of hydrogen-bond acceptors (Lipinski definition) is 2. The van der Waals surface area contributed by atoms with Gasteiger partial charge in [-0.25, -0.2) is 0 Å². The van der Waals surface area contributed by atoms with E-state index in [0.717, 1.165) is 39.0 Å². The van der Waals surface area contributed by atoms with Crippen LogP contribution in [-0.4, -0.2) is 0 Å². The number of benzene rings is 7. The quantitative estimate of drug-likeness (QED) is 0.227. The largest absolute Gasteiger partial charge is 0.456 e. The van der Waals surface area contributed by atoms with Crippen LogP contribution >= 0.6 is 0 Å². The van der Waals surface area contributed by atoms with Gasteiger partial charge in [-0.1, -0.05) is 103 Å². The highest BCUT2D eigenvalue weighted by Gasteiger charge is 2.21. The molecule has 7 aromatic carbocycles. The second-order valence-electron chi connectivity index (χ2n) is 10.7. The summed E-state index contributed by atoms with van der Waals surface area (Å²) in [5, 5.41) is 7.18. The molecule has 0 saturated heterocycles. The van der Waals surface area contributed by atoms with Gasteiger partial charge in [-0.2, -0.15) is 0 Å². The van der Waals surface area contributed by atoms with E-state index in [1.807, 2.05) is 12.1 Å². The zero-order valence-electron chi connectivity index (χ0n) is 22.7. The second-order valence-corrected chi connectivity index (χ2v) is 10.7. The van der Waals surface area contributed by atoms with Crippen LogP contribution in [0, 0.1) is 6.92 Å². The van der Waals surface area contributed by atoms with Gasteiger partial charge in [0.2, 0.25) is 0 Å². The molecule has 1 aromatic heterocycles. The summed E-state index contributed by atoms with van der Waals surface area (Å²) >= 11 is 0. The van der Waals surface area contributed by atoms with Crippen molar-refractivity contribution < 1.29 is 4.42 Å². The number of aryl methyl sites for hydroxylation is 1. The van der Waals surface area contributed by atoms with Gasteiger partial charge in [-0.15, -0.1) is 0 Å². The van der Waals surface area contributed by atoms with Gasteiger partial charge in [-0.3, -0.25) is 0 Å². The molecule has 0 saturated carbocycles. The SMILES string of the molecule is Cc1cccc(N(c2ccc3c(c2)oc2ccccc23)c2ccc3ccccc3c2-c2cccc3ccccc23)c1. The normalized spacial score (nSPS) is 11.5. The third kappa shape index (κ3) is 3.88. The Kier molecular flexibility index (Phi) is 5.39. The van der Waals surface area contributed by atoms with Crippen LogP contribution in [0.1, 0.15) is 5.56 Å². The van der Waals surface area contributed by atoms with Crippen LogP contribution in [0.5, 0.6) is 0 Å². The minimum Gasteiger partial charge on any atom is -0.456 e. The number of fused-ring (bicyclic) bond motifs is 5. The van der Waals surface area contributed by atoms with Gasteiger partial charge in [0, 0.05) is 33.8 Å². The maximum Gasteiger partial charge on any atom is 0.137 e. The van der Waals surface area contributed by atoms with Gasteiger partial charge in [-0.05, 0) is 76.0 Å². The van der Waals surface area contributed by atoms with Crippen LogP contribution in [0.4, 0.5) is 17.1 Å². The first kappa shape index (κ1) is 23.5. The predicted octanol–water partition coefficient (Wildman–Crippen LogP) is 11.3. The molecule has 0 radical (unpaired) electrons. The molecule has 0 atom stereocenters. The molecule has 41 heavy (non-hydrogen) atoms. The zero-order chi connectivity index (χ0) is 27.3. The Morgan fingerprint density at radius 3 is 1.98 bits per heavy atom. The molecule has 1 heterocycles. The molecule has 0 aliphatic rings. The van der Waals surface area contributed by atoms with E-state index in [-0.39, 0.29) is 0 Å². The molecule has 0 spiro atoms. The molecule has 0 N–H and O–H groups in total. The number of para-hydroxylation sites is 1. The van der Waals surface area contributed by atoms with Crippen molar-refractivity contribution >= 4 is 60.5 Å². The van der Waals surface area contributed by atoms with Crippen LogP contribution in [0.25, 0.3) is 54.6 Å². The second kappa shape index (κ2) is 9.39. The van der Waals surface area contributed by atoms with E-state index in [4.69, 9.17) is 4.42 Å². The van der Waals surface area contributed by atoms with E-state index in [1.165, 1.54) is 38.2 Å². The molecule has 0 aliphatic carbocycles. The van der Waals surface area contributed by atoms with Gasteiger partial charge in [0.05, 0.1) is 5.69 Å². The molecular formula is C39H27NO. The molecule has 0 amide bonds. The summed E-state index contributed by atoms with van der Waals surface area (Å²) in [6.45, 7) is 2.15. The molecule has 0 unspecified atom stereocenters. The Morgan fingerprint density at radius 1 is 0.463 bits per heavy atom. The van der Waals surface area contributed by atoms with Crippen LogP contribution in [0.15, 0.2) is 150 Å². The third-order valence-electron chi connectivity index (χ3n) is 8.09. The van der Waals surface area contributed by atoms with Crippen molar-refractivity contribution in [2.24, 2.45) is 0 Å². The molecule has 8 aromatic rings. The Labute approximate surface area is 238 Å². The monoisotopic (exact) mass is 525 g/mol. The molecule has 0 fully saturated rings. The van der Waals surface area contributed by atoms with Crippen LogP contribution < -0.4 is 4.90 Å². The molecule has 0 bridgehead atoms. The highest BCUT2D eigenvalue weighted by atomic mass is 16.3. The van der Waals surface area contributed by atoms with Crippen molar-refractivity contribution in [3.05, 3.63) is 151 Å². The Bertz CT molecular complexity index is 2230. The van der Waals surface area contributed by atoms with Gasteiger partial charge >= 0.3 is 0 Å². The summed E-state index contributed by atoms with van der Waals surface area (Å²) in [5.74, 6) is 0. The fraction of sp³-hybridized carbons (Fsp3) is 0.0256. The van der Waals surface area contributed by atoms with Gasteiger partial charge < -0.3 is 9.32 Å². The van der Waals surface area contributed by atoms with E-state index in [1.54, 1.807) is 0 Å². The predicted molar refractivity (Wildman–Crippen MR) is 174 cm³/mol. The summed E-state index contributed by atoms with van der Waals surface area (Å²) in [4.78, 5) is 2.38. The molecule has 8 rings (SSSR count). The third-order valence-corrected chi connectivity index (χ3v) is 8.09. The fourth-order valence-electron chi connectivity index (χ4n) is 6.22. The minimum atomic E-state index is 0.883. The summed E-state index contributed by atoms with van der Waals surface area (Å²) in [6, 6.07) is 52.0. The van der Waals surface area contributed by atoms with E-state index in [2.05, 4.69) is 145 Å². The Morgan fingerprint density at radius 2 is 1.12 bits per heavy atom. The first-order valence-electron chi connectivity index (χ1n) is 14.0. The number of hydrogen-bond donors (Lipinski definition) is 0. The van der Waals surface area contributed by atoms with Crippen LogP contribution in [0.2, 0.25) is 0 Å². The van der Waals surface area contributed by atoms with Crippen molar-refractivity contribution in [1.29, 1.82) is 0 Å². The number of furan rings is 1. The topological polar surface area (TPSA) is 16.4 Å². The average Bonchev–Trinajstić information content (AvgIpc) is 3.39. The Hall–Kier alpha value is -5.34. The van der Waals surface area contributed by atoms with E-state index < -0.39 is 0 Å². The van der Waals surface area contributed by atoms with Crippen LogP contribution in [-0.2, 0) is 0 Å². The van der Waals surface area contributed by atoms with E-state index in [0.29, 0.717) is 0 Å². The zero-order valence-corrected chi connectivity index (χ0v) is 22.7. The fourth-order valence-corrected chi connectivity index (χ4v) is 6.22. The maximum atomic E-state index is 6.35. The highest BCUT2D eigenvalue weighted by molar-refractivity contribution is 6.12. The number of rotatable bonds is 4. The van der Waals surface area contributed by atoms with Crippen molar-refractivity contribution in [2.45, 2.75) is 6.92 Å². The summed E-state index contributed by atoms with van der Waals surface area (Å²) in [7, 11) is 0. The van der Waals surface area contributed by atoms with Crippen molar-refractivity contribution in [2.75, 3.05) is 4.90 Å². The molecule has 2 heteroatoms. The van der Waals surface area contributed by atoms with E-state index in [9.17, 15) is 0 Å². The Balaban J connectivity index is 1.46. The summed E-state index contributed by atoms with van der Waals surface area (Å²) in [5.41, 5.74) is 8.73. The molecular weight excluding hydrogens is 498 g/mol. The van der Waals surface area contributed by atoms with Gasteiger partial charge in [0.1, 0.15) is 11.2 Å². The lowest BCUT2D eigenvalue weighted by Crippen LogP contribution is -2.11. The van der Waals surface area contributed by atoms with E-state index >= 15 is 0 Å². The average molecular weight is 526 g/mol. The highest BCUT2D eigenvalue weighted by Crippen LogP contribution is 2.46. The molecule has 194 valence electrons. The van der Waals surface area contributed by atoms with Crippen molar-refractivity contribution in [1.82, 2.24) is 0 Å². The standard InChI is InChI=1S/C39H27NO/c1-26-10-8-14-29(24-26)40(30-21-22-34-33-17-6-7-19-37(33)41-38(34)25-30)36-23-20-28-12-3-5-16-32(28)39(36)35-18-9-13-27-11-2-4-15-31(27)35/h2-25H,1H3. The number of nitrogens with zero attached hydrogens (tertiary/aromatic N) is 1. The first-order chi connectivity index (χ1) is 20.2. The lowest BCUT2D eigenvalue weighted by molar-refractivity contribution is 0.669. The van der Waals surface area contributed by atoms with Gasteiger partial charge in [0.15, 0.2) is 0 Å². The first-order valence-corrected chi connectivity index (χ1v) is 14.0. The molecule has 2 nitrogen and oxygen atoms in total. The van der Waals surface area contributed by atoms with Crippen molar-refractivity contribution in [3.63, 3.8) is 0 Å². The minimum absolute atomic E-state index is 0.883.